The summed E-state index contributed by atoms with van der Waals surface area (Å²) < 4.78 is 21.0. The fourth-order valence-corrected chi connectivity index (χ4v) is 2.49. The van der Waals surface area contributed by atoms with Crippen molar-refractivity contribution in [3.8, 4) is 28.9 Å². The molecule has 0 saturated heterocycles. The van der Waals surface area contributed by atoms with Gasteiger partial charge in [0.25, 0.3) is 0 Å². The predicted octanol–water partition coefficient (Wildman–Crippen LogP) is 4.01. The fraction of sp³-hybridized carbons (Fsp3) is 0.136. The van der Waals surface area contributed by atoms with Crippen LogP contribution in [0.4, 0.5) is 0 Å². The second-order valence-electron chi connectivity index (χ2n) is 5.85. The number of ether oxygens (including phenoxy) is 3. The molecule has 1 heterocycles. The van der Waals surface area contributed by atoms with Crippen LogP contribution in [0.2, 0.25) is 0 Å². The van der Waals surface area contributed by atoms with Crippen molar-refractivity contribution < 1.29 is 23.5 Å². The van der Waals surface area contributed by atoms with Gasteiger partial charge in [0, 0.05) is 17.7 Å². The quantitative estimate of drug-likeness (QED) is 0.424. The van der Waals surface area contributed by atoms with Crippen molar-refractivity contribution in [2.45, 2.75) is 6.61 Å². The lowest BCUT2D eigenvalue weighted by Crippen LogP contribution is -2.01. The van der Waals surface area contributed by atoms with Gasteiger partial charge in [-0.2, -0.15) is 5.26 Å². The average Bonchev–Trinajstić information content (AvgIpc) is 3.24. The Morgan fingerprint density at radius 2 is 2.00 bits per heavy atom. The highest BCUT2D eigenvalue weighted by Crippen LogP contribution is 2.28. The van der Waals surface area contributed by atoms with E-state index in [1.807, 2.05) is 36.4 Å². The van der Waals surface area contributed by atoms with Gasteiger partial charge in [0.2, 0.25) is 0 Å². The van der Waals surface area contributed by atoms with Gasteiger partial charge in [0.1, 0.15) is 18.4 Å². The molecule has 29 heavy (non-hydrogen) atoms. The first-order chi connectivity index (χ1) is 14.2. The molecule has 146 valence electrons. The van der Waals surface area contributed by atoms with Gasteiger partial charge < -0.3 is 18.7 Å². The number of aromatic nitrogens is 1. The van der Waals surface area contributed by atoms with E-state index in [2.05, 4.69) is 5.16 Å². The van der Waals surface area contributed by atoms with Gasteiger partial charge in [-0.25, -0.2) is 4.79 Å². The summed E-state index contributed by atoms with van der Waals surface area (Å²) >= 11 is 0. The maximum atomic E-state index is 12.0. The van der Waals surface area contributed by atoms with Crippen LogP contribution >= 0.6 is 0 Å². The molecular weight excluding hydrogens is 372 g/mol. The molecule has 0 N–H and O–H groups in total. The molecule has 3 rings (SSSR count). The Morgan fingerprint density at radius 1 is 1.17 bits per heavy atom. The summed E-state index contributed by atoms with van der Waals surface area (Å²) in [5, 5.41) is 12.5. The molecule has 2 aromatic carbocycles. The Labute approximate surface area is 167 Å². The van der Waals surface area contributed by atoms with Crippen molar-refractivity contribution in [2.75, 3.05) is 13.7 Å². The minimum absolute atomic E-state index is 0.00374. The largest absolute Gasteiger partial charge is 0.493 e. The third-order valence-corrected chi connectivity index (χ3v) is 3.87. The normalized spacial score (nSPS) is 10.5. The van der Waals surface area contributed by atoms with Crippen LogP contribution in [-0.2, 0) is 16.1 Å². The molecule has 7 nitrogen and oxygen atoms in total. The van der Waals surface area contributed by atoms with E-state index in [0.29, 0.717) is 23.0 Å². The molecule has 7 heteroatoms. The maximum Gasteiger partial charge on any atom is 0.331 e. The second kappa shape index (κ2) is 9.76. The molecule has 0 amide bonds. The van der Waals surface area contributed by atoms with Crippen LogP contribution in [0.25, 0.3) is 17.4 Å². The predicted molar refractivity (Wildman–Crippen MR) is 105 cm³/mol. The third-order valence-electron chi connectivity index (χ3n) is 3.87. The van der Waals surface area contributed by atoms with Crippen LogP contribution < -0.4 is 9.47 Å². The molecule has 0 unspecified atom stereocenters. The van der Waals surface area contributed by atoms with Crippen LogP contribution in [0.5, 0.6) is 11.5 Å². The van der Waals surface area contributed by atoms with E-state index in [1.54, 1.807) is 30.3 Å². The standard InChI is InChI=1S/C22H18N2O5/c1-26-21-13-16(7-9-19(21)27-12-11-23)8-10-22(25)28-15-18-14-20(29-24-18)17-5-3-2-4-6-17/h2-10,13-14H,12,15H2,1H3/b10-8+. The summed E-state index contributed by atoms with van der Waals surface area (Å²) in [7, 11) is 1.50. The summed E-state index contributed by atoms with van der Waals surface area (Å²) in [4.78, 5) is 12.0. The number of benzene rings is 2. The average molecular weight is 390 g/mol. The van der Waals surface area contributed by atoms with E-state index < -0.39 is 5.97 Å². The molecule has 0 aliphatic heterocycles. The summed E-state index contributed by atoms with van der Waals surface area (Å²) in [6.07, 6.45) is 2.90. The molecule has 0 aliphatic rings. The Kier molecular flexibility index (Phi) is 6.63. The molecule has 0 fully saturated rings. The van der Waals surface area contributed by atoms with E-state index in [0.717, 1.165) is 11.1 Å². The van der Waals surface area contributed by atoms with E-state index in [9.17, 15) is 4.79 Å². The number of methoxy groups -OCH3 is 1. The van der Waals surface area contributed by atoms with Crippen molar-refractivity contribution in [1.29, 1.82) is 5.26 Å². The summed E-state index contributed by atoms with van der Waals surface area (Å²) in [6.45, 7) is -0.0737. The first-order valence-corrected chi connectivity index (χ1v) is 8.73. The van der Waals surface area contributed by atoms with Crippen molar-refractivity contribution in [1.82, 2.24) is 5.16 Å². The number of carbonyl (C=O) groups excluding carboxylic acids is 1. The Balaban J connectivity index is 1.56. The second-order valence-corrected chi connectivity index (χ2v) is 5.85. The molecule has 1 aromatic heterocycles. The van der Waals surface area contributed by atoms with Gasteiger partial charge in [-0.1, -0.05) is 41.6 Å². The topological polar surface area (TPSA) is 94.6 Å². The number of esters is 1. The minimum Gasteiger partial charge on any atom is -0.493 e. The summed E-state index contributed by atoms with van der Waals surface area (Å²) in [5.74, 6) is 1.01. The van der Waals surface area contributed by atoms with Gasteiger partial charge in [0.15, 0.2) is 23.9 Å². The zero-order valence-electron chi connectivity index (χ0n) is 15.7. The number of hydrogen-bond acceptors (Lipinski definition) is 7. The highest BCUT2D eigenvalue weighted by Gasteiger charge is 2.08. The first kappa shape index (κ1) is 19.7. The van der Waals surface area contributed by atoms with Crippen molar-refractivity contribution >= 4 is 12.0 Å². The van der Waals surface area contributed by atoms with E-state index >= 15 is 0 Å². The highest BCUT2D eigenvalue weighted by atomic mass is 16.5. The Bertz CT molecular complexity index is 1030. The number of hydrogen-bond donors (Lipinski definition) is 0. The third kappa shape index (κ3) is 5.47. The number of rotatable bonds is 8. The molecule has 0 radical (unpaired) electrons. The van der Waals surface area contributed by atoms with E-state index in [4.69, 9.17) is 24.0 Å². The zero-order chi connectivity index (χ0) is 20.5. The molecular formula is C22H18N2O5. The first-order valence-electron chi connectivity index (χ1n) is 8.73. The SMILES string of the molecule is COc1cc(/C=C/C(=O)OCc2cc(-c3ccccc3)on2)ccc1OCC#N. The lowest BCUT2D eigenvalue weighted by atomic mass is 10.2. The van der Waals surface area contributed by atoms with Crippen LogP contribution in [0.1, 0.15) is 11.3 Å². The fourth-order valence-electron chi connectivity index (χ4n) is 2.49. The van der Waals surface area contributed by atoms with E-state index in [-0.39, 0.29) is 13.2 Å². The van der Waals surface area contributed by atoms with Crippen LogP contribution in [-0.4, -0.2) is 24.8 Å². The van der Waals surface area contributed by atoms with Crippen LogP contribution in [0.3, 0.4) is 0 Å². The molecule has 0 aliphatic carbocycles. The summed E-state index contributed by atoms with van der Waals surface area (Å²) in [6, 6.07) is 18.3. The Hall–Kier alpha value is -4.05. The lowest BCUT2D eigenvalue weighted by molar-refractivity contribution is -0.139. The van der Waals surface area contributed by atoms with Crippen LogP contribution in [0, 0.1) is 11.3 Å². The van der Waals surface area contributed by atoms with Gasteiger partial charge in [-0.15, -0.1) is 0 Å². The number of nitriles is 1. The molecule has 3 aromatic rings. The van der Waals surface area contributed by atoms with Crippen molar-refractivity contribution in [3.63, 3.8) is 0 Å². The minimum atomic E-state index is -0.516. The van der Waals surface area contributed by atoms with Gasteiger partial charge in [-0.05, 0) is 23.8 Å². The molecule has 0 spiro atoms. The van der Waals surface area contributed by atoms with Gasteiger partial charge in [-0.3, -0.25) is 0 Å². The summed E-state index contributed by atoms with van der Waals surface area (Å²) in [5.41, 5.74) is 2.13. The number of nitrogens with zero attached hydrogens (tertiary/aromatic N) is 2. The molecule has 0 saturated carbocycles. The monoisotopic (exact) mass is 390 g/mol. The lowest BCUT2D eigenvalue weighted by Gasteiger charge is -2.08. The van der Waals surface area contributed by atoms with Crippen molar-refractivity contribution in [3.05, 3.63) is 71.9 Å². The highest BCUT2D eigenvalue weighted by molar-refractivity contribution is 5.87. The zero-order valence-corrected chi connectivity index (χ0v) is 15.7. The van der Waals surface area contributed by atoms with Crippen LogP contribution in [0.15, 0.2) is 65.2 Å². The Morgan fingerprint density at radius 3 is 2.76 bits per heavy atom. The maximum absolute atomic E-state index is 12.0. The van der Waals surface area contributed by atoms with E-state index in [1.165, 1.54) is 13.2 Å². The number of carbonyl (C=O) groups is 1. The van der Waals surface area contributed by atoms with Gasteiger partial charge in [0.05, 0.1) is 7.11 Å². The molecule has 0 bridgehead atoms. The smallest absolute Gasteiger partial charge is 0.331 e. The van der Waals surface area contributed by atoms with Gasteiger partial charge >= 0.3 is 5.97 Å². The molecule has 0 atom stereocenters. The van der Waals surface area contributed by atoms with Crippen molar-refractivity contribution in [2.24, 2.45) is 0 Å².